The van der Waals surface area contributed by atoms with Crippen molar-refractivity contribution in [2.75, 3.05) is 13.7 Å². The highest BCUT2D eigenvalue weighted by Gasteiger charge is 2.04. The van der Waals surface area contributed by atoms with Crippen molar-refractivity contribution in [2.24, 2.45) is 5.92 Å². The van der Waals surface area contributed by atoms with E-state index in [-0.39, 0.29) is 5.92 Å². The van der Waals surface area contributed by atoms with Crippen molar-refractivity contribution in [1.29, 1.82) is 5.26 Å². The van der Waals surface area contributed by atoms with Gasteiger partial charge < -0.3 is 9.47 Å². The maximum atomic E-state index is 8.58. The molecule has 0 aromatic heterocycles. The Morgan fingerprint density at radius 3 is 2.57 bits per heavy atom. The van der Waals surface area contributed by atoms with Gasteiger partial charge in [-0.3, -0.25) is 0 Å². The fourth-order valence-corrected chi connectivity index (χ4v) is 0.990. The minimum absolute atomic E-state index is 0.111. The zero-order valence-corrected chi connectivity index (χ0v) is 8.36. The summed E-state index contributed by atoms with van der Waals surface area (Å²) in [5, 5.41) is 8.58. The molecule has 3 nitrogen and oxygen atoms in total. The fraction of sp³-hybridized carbons (Fsp3) is 0.364. The van der Waals surface area contributed by atoms with E-state index in [4.69, 9.17) is 14.7 Å². The van der Waals surface area contributed by atoms with Crippen LogP contribution in [0.15, 0.2) is 24.3 Å². The molecule has 0 aliphatic heterocycles. The Morgan fingerprint density at radius 1 is 1.36 bits per heavy atom. The van der Waals surface area contributed by atoms with Gasteiger partial charge >= 0.3 is 0 Å². The van der Waals surface area contributed by atoms with Crippen LogP contribution in [0.4, 0.5) is 0 Å². The molecule has 3 heteroatoms. The Hall–Kier alpha value is -1.69. The molecule has 0 aliphatic rings. The van der Waals surface area contributed by atoms with Crippen molar-refractivity contribution in [3.8, 4) is 17.6 Å². The third-order valence-electron chi connectivity index (χ3n) is 1.78. The summed E-state index contributed by atoms with van der Waals surface area (Å²) in [6.45, 7) is 2.20. The summed E-state index contributed by atoms with van der Waals surface area (Å²) in [6, 6.07) is 9.50. The van der Waals surface area contributed by atoms with E-state index in [0.29, 0.717) is 18.1 Å². The first kappa shape index (κ1) is 10.4. The summed E-state index contributed by atoms with van der Waals surface area (Å²) < 4.78 is 10.5. The van der Waals surface area contributed by atoms with Crippen molar-refractivity contribution in [3.05, 3.63) is 24.3 Å². The highest BCUT2D eigenvalue weighted by molar-refractivity contribution is 5.39. The van der Waals surface area contributed by atoms with Crippen LogP contribution in [-0.4, -0.2) is 13.7 Å². The van der Waals surface area contributed by atoms with Crippen molar-refractivity contribution in [2.45, 2.75) is 6.92 Å². The Labute approximate surface area is 83.9 Å². The number of hydrogen-bond acceptors (Lipinski definition) is 3. The maximum Gasteiger partial charge on any atom is 0.161 e. The normalized spacial score (nSPS) is 11.5. The maximum absolute atomic E-state index is 8.58. The molecule has 74 valence electrons. The third kappa shape index (κ3) is 2.67. The number of nitriles is 1. The van der Waals surface area contributed by atoms with Gasteiger partial charge in [-0.2, -0.15) is 5.26 Å². The number of nitrogens with zero attached hydrogens (tertiary/aromatic N) is 1. The molecule has 0 amide bonds. The van der Waals surface area contributed by atoms with Gasteiger partial charge in [0.2, 0.25) is 0 Å². The number of hydrogen-bond donors (Lipinski definition) is 0. The Morgan fingerprint density at radius 2 is 2.00 bits per heavy atom. The van der Waals surface area contributed by atoms with Crippen LogP contribution in [0.1, 0.15) is 6.92 Å². The molecule has 1 rings (SSSR count). The first-order chi connectivity index (χ1) is 6.77. The molecule has 0 radical (unpaired) electrons. The molecule has 0 N–H and O–H groups in total. The molecule has 0 saturated heterocycles. The van der Waals surface area contributed by atoms with Crippen LogP contribution in [0.5, 0.6) is 11.5 Å². The van der Waals surface area contributed by atoms with Crippen LogP contribution in [0, 0.1) is 17.2 Å². The van der Waals surface area contributed by atoms with E-state index < -0.39 is 0 Å². The SMILES string of the molecule is COc1ccccc1OCC(C)C#N. The number of rotatable bonds is 4. The van der Waals surface area contributed by atoms with E-state index in [1.807, 2.05) is 31.2 Å². The lowest BCUT2D eigenvalue weighted by molar-refractivity contribution is 0.271. The standard InChI is InChI=1S/C11H13NO2/c1-9(7-12)8-14-11-6-4-3-5-10(11)13-2/h3-6,9H,8H2,1-2H3. The lowest BCUT2D eigenvalue weighted by Crippen LogP contribution is -2.06. The number of para-hydroxylation sites is 2. The van der Waals surface area contributed by atoms with Gasteiger partial charge in [-0.25, -0.2) is 0 Å². The molecule has 0 saturated carbocycles. The molecule has 14 heavy (non-hydrogen) atoms. The quantitative estimate of drug-likeness (QED) is 0.732. The van der Waals surface area contributed by atoms with Gasteiger partial charge in [0.25, 0.3) is 0 Å². The molecule has 1 unspecified atom stereocenters. The van der Waals surface area contributed by atoms with Crippen molar-refractivity contribution >= 4 is 0 Å². The molecule has 0 fully saturated rings. The van der Waals surface area contributed by atoms with E-state index in [1.165, 1.54) is 0 Å². The summed E-state index contributed by atoms with van der Waals surface area (Å²) in [5.41, 5.74) is 0. The summed E-state index contributed by atoms with van der Waals surface area (Å²) in [7, 11) is 1.59. The van der Waals surface area contributed by atoms with Gasteiger partial charge in [0, 0.05) is 0 Å². The minimum Gasteiger partial charge on any atom is -0.493 e. The summed E-state index contributed by atoms with van der Waals surface area (Å²) in [5.74, 6) is 1.26. The number of methoxy groups -OCH3 is 1. The molecule has 0 heterocycles. The second kappa shape index (κ2) is 5.13. The monoisotopic (exact) mass is 191 g/mol. The van der Waals surface area contributed by atoms with Gasteiger partial charge in [-0.05, 0) is 19.1 Å². The van der Waals surface area contributed by atoms with E-state index in [0.717, 1.165) is 0 Å². The minimum atomic E-state index is -0.111. The third-order valence-corrected chi connectivity index (χ3v) is 1.78. The molecule has 0 aliphatic carbocycles. The predicted molar refractivity (Wildman–Crippen MR) is 53.3 cm³/mol. The van der Waals surface area contributed by atoms with Crippen molar-refractivity contribution < 1.29 is 9.47 Å². The fourth-order valence-electron chi connectivity index (χ4n) is 0.990. The van der Waals surface area contributed by atoms with Crippen LogP contribution in [-0.2, 0) is 0 Å². The van der Waals surface area contributed by atoms with E-state index in [9.17, 15) is 0 Å². The van der Waals surface area contributed by atoms with Crippen LogP contribution in [0.3, 0.4) is 0 Å². The first-order valence-corrected chi connectivity index (χ1v) is 4.43. The molecule has 0 spiro atoms. The Bertz CT molecular complexity index is 330. The Balaban J connectivity index is 2.63. The second-order valence-corrected chi connectivity index (χ2v) is 2.99. The number of benzene rings is 1. The van der Waals surface area contributed by atoms with E-state index >= 15 is 0 Å². The topological polar surface area (TPSA) is 42.2 Å². The smallest absolute Gasteiger partial charge is 0.161 e. The summed E-state index contributed by atoms with van der Waals surface area (Å²) in [6.07, 6.45) is 0. The Kier molecular flexibility index (Phi) is 3.81. The van der Waals surface area contributed by atoms with Gasteiger partial charge in [0.1, 0.15) is 6.61 Å². The van der Waals surface area contributed by atoms with Crippen molar-refractivity contribution in [3.63, 3.8) is 0 Å². The molecule has 1 aromatic carbocycles. The van der Waals surface area contributed by atoms with E-state index in [1.54, 1.807) is 7.11 Å². The second-order valence-electron chi connectivity index (χ2n) is 2.99. The largest absolute Gasteiger partial charge is 0.493 e. The zero-order chi connectivity index (χ0) is 10.4. The molecule has 0 bridgehead atoms. The van der Waals surface area contributed by atoms with Gasteiger partial charge in [0.15, 0.2) is 11.5 Å². The molecule has 1 aromatic rings. The van der Waals surface area contributed by atoms with Crippen LogP contribution < -0.4 is 9.47 Å². The van der Waals surface area contributed by atoms with Gasteiger partial charge in [-0.15, -0.1) is 0 Å². The zero-order valence-electron chi connectivity index (χ0n) is 8.36. The molecule has 1 atom stereocenters. The van der Waals surface area contributed by atoms with Crippen LogP contribution in [0.25, 0.3) is 0 Å². The number of ether oxygens (including phenoxy) is 2. The lowest BCUT2D eigenvalue weighted by atomic mass is 10.2. The first-order valence-electron chi connectivity index (χ1n) is 4.43. The van der Waals surface area contributed by atoms with Gasteiger partial charge in [-0.1, -0.05) is 12.1 Å². The molecular formula is C11H13NO2. The van der Waals surface area contributed by atoms with Gasteiger partial charge in [0.05, 0.1) is 19.1 Å². The lowest BCUT2D eigenvalue weighted by Gasteiger charge is -2.10. The predicted octanol–water partition coefficient (Wildman–Crippen LogP) is 2.23. The van der Waals surface area contributed by atoms with E-state index in [2.05, 4.69) is 6.07 Å². The summed E-state index contributed by atoms with van der Waals surface area (Å²) >= 11 is 0. The van der Waals surface area contributed by atoms with Crippen LogP contribution >= 0.6 is 0 Å². The highest BCUT2D eigenvalue weighted by Crippen LogP contribution is 2.25. The highest BCUT2D eigenvalue weighted by atomic mass is 16.5. The summed E-state index contributed by atoms with van der Waals surface area (Å²) in [4.78, 5) is 0. The van der Waals surface area contributed by atoms with Crippen LogP contribution in [0.2, 0.25) is 0 Å². The molecular weight excluding hydrogens is 178 g/mol. The average Bonchev–Trinajstić information content (AvgIpc) is 2.26. The van der Waals surface area contributed by atoms with Crippen molar-refractivity contribution in [1.82, 2.24) is 0 Å². The average molecular weight is 191 g/mol.